The van der Waals surface area contributed by atoms with Crippen LogP contribution in [0.3, 0.4) is 0 Å². The first-order chi connectivity index (χ1) is 27.5. The van der Waals surface area contributed by atoms with E-state index in [2.05, 4.69) is 52.0 Å². The van der Waals surface area contributed by atoms with E-state index < -0.39 is 16.2 Å². The van der Waals surface area contributed by atoms with Gasteiger partial charge in [0, 0.05) is 10.4 Å². The van der Waals surface area contributed by atoms with E-state index in [0.717, 1.165) is 82.7 Å². The first kappa shape index (κ1) is 38.8. The van der Waals surface area contributed by atoms with E-state index in [0.29, 0.717) is 36.2 Å². The molecule has 0 fully saturated rings. The molecule has 0 amide bonds. The van der Waals surface area contributed by atoms with Crippen molar-refractivity contribution in [3.8, 4) is 45.6 Å². The fourth-order valence-corrected chi connectivity index (χ4v) is 19.2. The zero-order valence-electron chi connectivity index (χ0n) is 33.0. The molecule has 1 aliphatic rings. The second kappa shape index (κ2) is 18.0. The molecule has 0 spiro atoms. The third-order valence-electron chi connectivity index (χ3n) is 10.1. The molecular weight excluding hydrogens is 729 g/mol. The lowest BCUT2D eigenvalue weighted by Crippen LogP contribution is -2.89. The molecule has 0 unspecified atom stereocenters. The van der Waals surface area contributed by atoms with E-state index in [4.69, 9.17) is 27.2 Å². The monoisotopic (exact) mass is 780 g/mol. The van der Waals surface area contributed by atoms with Gasteiger partial charge in [-0.2, -0.15) is 0 Å². The van der Waals surface area contributed by atoms with Crippen LogP contribution in [0.5, 0.6) is 34.5 Å². The zero-order chi connectivity index (χ0) is 38.8. The summed E-state index contributed by atoms with van der Waals surface area (Å²) in [6.07, 6.45) is 6.43. The molecule has 56 heavy (non-hydrogen) atoms. The van der Waals surface area contributed by atoms with Crippen molar-refractivity contribution in [2.45, 2.75) is 66.2 Å². The molecule has 6 nitrogen and oxygen atoms in total. The Hall–Kier alpha value is -5.45. The average Bonchev–Trinajstić information content (AvgIpc) is 3.22. The fraction of sp³-hybridized carbons (Fsp3) is 0.250. The summed E-state index contributed by atoms with van der Waals surface area (Å²) < 4.78 is 43.6. The molecule has 0 aliphatic carbocycles. The Bertz CT molecular complexity index is 1920. The van der Waals surface area contributed by atoms with Crippen molar-refractivity contribution in [1.29, 1.82) is 0 Å². The van der Waals surface area contributed by atoms with Crippen LogP contribution in [-0.2, 0) is 0 Å². The van der Waals surface area contributed by atoms with Crippen LogP contribution in [0.1, 0.15) is 63.5 Å². The lowest BCUT2D eigenvalue weighted by atomic mass is 10.0. The molecule has 7 rings (SSSR count). The van der Waals surface area contributed by atoms with Crippen molar-refractivity contribution in [3.05, 3.63) is 157 Å². The standard InChI is InChI=1S/C48H52O6Si2/c1-5-7-21-31-49-45-35-43-44-36-46(50-32-22-8-6-2)38(4)34-48(44)56(53-41-27-17-11-18-28-41,54-42-29-19-12-20-30-42)55(47(43)33-37(45)3,51-39-23-13-9-14-24-39)52-40-25-15-10-16-26-40/h9-20,23-30,33-36H,5-8,21-22,31-32H2,1-4H3. The molecule has 1 heterocycles. The van der Waals surface area contributed by atoms with Crippen molar-refractivity contribution in [2.75, 3.05) is 13.2 Å². The molecule has 0 bridgehead atoms. The van der Waals surface area contributed by atoms with Gasteiger partial charge in [-0.1, -0.05) is 112 Å². The number of benzene rings is 6. The van der Waals surface area contributed by atoms with E-state index in [1.54, 1.807) is 0 Å². The van der Waals surface area contributed by atoms with Crippen LogP contribution in [0, 0.1) is 13.8 Å². The number of aryl methyl sites for hydroxylation is 2. The first-order valence-electron chi connectivity index (χ1n) is 20.0. The van der Waals surface area contributed by atoms with Gasteiger partial charge in [-0.3, -0.25) is 0 Å². The number of para-hydroxylation sites is 4. The van der Waals surface area contributed by atoms with Crippen molar-refractivity contribution in [2.24, 2.45) is 0 Å². The van der Waals surface area contributed by atoms with E-state index in [1.807, 2.05) is 121 Å². The summed E-state index contributed by atoms with van der Waals surface area (Å²) in [7, 11) is -8.12. The maximum Gasteiger partial charge on any atom is 0.573 e. The summed E-state index contributed by atoms with van der Waals surface area (Å²) in [5, 5.41) is 1.82. The van der Waals surface area contributed by atoms with Gasteiger partial charge in [0.1, 0.15) is 34.5 Å². The third-order valence-corrected chi connectivity index (χ3v) is 20.7. The molecular formula is C48H52O6Si2. The van der Waals surface area contributed by atoms with Gasteiger partial charge in [0.2, 0.25) is 0 Å². The van der Waals surface area contributed by atoms with E-state index in [1.165, 1.54) is 0 Å². The average molecular weight is 781 g/mol. The minimum atomic E-state index is -4.06. The first-order valence-corrected chi connectivity index (χ1v) is 24.6. The van der Waals surface area contributed by atoms with Gasteiger partial charge in [0.25, 0.3) is 0 Å². The Balaban J connectivity index is 1.58. The van der Waals surface area contributed by atoms with E-state index in [9.17, 15) is 0 Å². The molecule has 0 aromatic heterocycles. The minimum Gasteiger partial charge on any atom is -0.507 e. The molecule has 0 saturated carbocycles. The van der Waals surface area contributed by atoms with Gasteiger partial charge < -0.3 is 27.2 Å². The lowest BCUT2D eigenvalue weighted by Gasteiger charge is -2.46. The summed E-state index contributed by atoms with van der Waals surface area (Å²) in [6, 6.07) is 48.5. The molecule has 6 aromatic rings. The normalized spacial score (nSPS) is 13.5. The van der Waals surface area contributed by atoms with Gasteiger partial charge >= 0.3 is 16.2 Å². The smallest absolute Gasteiger partial charge is 0.507 e. The van der Waals surface area contributed by atoms with Gasteiger partial charge in [-0.05, 0) is 122 Å². The Morgan fingerprint density at radius 1 is 0.393 bits per heavy atom. The summed E-state index contributed by atoms with van der Waals surface area (Å²) in [5.41, 5.74) is 3.90. The van der Waals surface area contributed by atoms with Crippen LogP contribution in [-0.4, -0.2) is 29.4 Å². The Kier molecular flexibility index (Phi) is 12.5. The maximum atomic E-state index is 7.62. The van der Waals surface area contributed by atoms with Crippen LogP contribution >= 0.6 is 0 Å². The largest absolute Gasteiger partial charge is 0.573 e. The predicted molar refractivity (Wildman–Crippen MR) is 230 cm³/mol. The molecule has 0 radical (unpaired) electrons. The number of fused-ring (bicyclic) bond motifs is 3. The molecule has 0 atom stereocenters. The van der Waals surface area contributed by atoms with Crippen molar-refractivity contribution in [3.63, 3.8) is 0 Å². The Morgan fingerprint density at radius 2 is 0.696 bits per heavy atom. The highest BCUT2D eigenvalue weighted by molar-refractivity contribution is 7.44. The van der Waals surface area contributed by atoms with Crippen molar-refractivity contribution >= 4 is 26.5 Å². The van der Waals surface area contributed by atoms with Crippen molar-refractivity contribution in [1.82, 2.24) is 0 Å². The maximum absolute atomic E-state index is 7.62. The third kappa shape index (κ3) is 8.22. The molecule has 8 heteroatoms. The van der Waals surface area contributed by atoms with Crippen molar-refractivity contribution < 1.29 is 27.2 Å². The van der Waals surface area contributed by atoms with Gasteiger partial charge in [-0.25, -0.2) is 0 Å². The minimum absolute atomic E-state index is 0.635. The second-order valence-electron chi connectivity index (χ2n) is 14.3. The van der Waals surface area contributed by atoms with Crippen LogP contribution < -0.4 is 37.6 Å². The van der Waals surface area contributed by atoms with Gasteiger partial charge in [-0.15, -0.1) is 0 Å². The number of hydrogen-bond donors (Lipinski definition) is 0. The lowest BCUT2D eigenvalue weighted by molar-refractivity contribution is 0.304. The second-order valence-corrected chi connectivity index (χ2v) is 22.6. The van der Waals surface area contributed by atoms with Crippen LogP contribution in [0.15, 0.2) is 146 Å². The molecule has 6 aromatic carbocycles. The highest BCUT2D eigenvalue weighted by Gasteiger charge is 2.79. The SMILES string of the molecule is CCCCCOc1cc2c(cc1C)[Si](Oc1ccccc1)(Oc1ccccc1)[Si](Oc1ccccc1)(Oc1ccccc1)c1cc(C)c(OCCCCC)cc1-2. The molecule has 288 valence electrons. The molecule has 1 aliphatic heterocycles. The number of rotatable bonds is 18. The Morgan fingerprint density at radius 3 is 0.982 bits per heavy atom. The van der Waals surface area contributed by atoms with Crippen LogP contribution in [0.2, 0.25) is 0 Å². The van der Waals surface area contributed by atoms with E-state index >= 15 is 0 Å². The van der Waals surface area contributed by atoms with Gasteiger partial charge in [0.05, 0.1) is 13.2 Å². The summed E-state index contributed by atoms with van der Waals surface area (Å²) in [5.74, 6) is 4.34. The molecule has 0 N–H and O–H groups in total. The number of hydrogen-bond acceptors (Lipinski definition) is 6. The topological polar surface area (TPSA) is 55.4 Å². The number of unbranched alkanes of at least 4 members (excludes halogenated alkanes) is 4. The zero-order valence-corrected chi connectivity index (χ0v) is 35.0. The van der Waals surface area contributed by atoms with Gasteiger partial charge in [0.15, 0.2) is 0 Å². The highest BCUT2D eigenvalue weighted by atomic mass is 29.3. The molecule has 0 saturated heterocycles. The Labute approximate surface area is 334 Å². The predicted octanol–water partition coefficient (Wildman–Crippen LogP) is 10.8. The number of ether oxygens (including phenoxy) is 2. The quantitative estimate of drug-likeness (QED) is 0.0640. The fourth-order valence-electron chi connectivity index (χ4n) is 7.25. The van der Waals surface area contributed by atoms with E-state index in [-0.39, 0.29) is 0 Å². The summed E-state index contributed by atoms with van der Waals surface area (Å²) >= 11 is 0. The highest BCUT2D eigenvalue weighted by Crippen LogP contribution is 2.42. The summed E-state index contributed by atoms with van der Waals surface area (Å²) in [6.45, 7) is 9.89. The summed E-state index contributed by atoms with van der Waals surface area (Å²) in [4.78, 5) is 0. The van der Waals surface area contributed by atoms with Crippen LogP contribution in [0.4, 0.5) is 0 Å². The van der Waals surface area contributed by atoms with Crippen LogP contribution in [0.25, 0.3) is 11.1 Å².